The fraction of sp³-hybridized carbons (Fsp3) is 0.176. The third-order valence-electron chi connectivity index (χ3n) is 3.65. The minimum atomic E-state index is -4.58. The summed E-state index contributed by atoms with van der Waals surface area (Å²) >= 11 is 6.39. The van der Waals surface area contributed by atoms with Gasteiger partial charge in [-0.2, -0.15) is 13.2 Å². The van der Waals surface area contributed by atoms with E-state index in [0.29, 0.717) is 0 Å². The molecule has 9 heteroatoms. The van der Waals surface area contributed by atoms with Crippen LogP contribution < -0.4 is 0 Å². The number of carbonyl (C=O) groups excluding carboxylic acids is 2. The van der Waals surface area contributed by atoms with E-state index in [9.17, 15) is 22.8 Å². The molecule has 1 aromatic carbocycles. The van der Waals surface area contributed by atoms with Crippen molar-refractivity contribution in [3.05, 3.63) is 51.6 Å². The van der Waals surface area contributed by atoms with Crippen molar-refractivity contribution >= 4 is 40.6 Å². The monoisotopic (exact) mass is 401 g/mol. The Bertz CT molecular complexity index is 920. The van der Waals surface area contributed by atoms with E-state index in [4.69, 9.17) is 16.0 Å². The highest BCUT2D eigenvalue weighted by Crippen LogP contribution is 2.38. The molecule has 2 amide bonds. The van der Waals surface area contributed by atoms with Crippen LogP contribution in [-0.4, -0.2) is 22.6 Å². The number of carbonyl (C=O) groups is 2. The van der Waals surface area contributed by atoms with E-state index in [1.807, 2.05) is 0 Å². The average Bonchev–Trinajstić information content (AvgIpc) is 3.12. The summed E-state index contributed by atoms with van der Waals surface area (Å²) in [6.45, 7) is 1.94. The number of likely N-dealkylation sites (N-methyl/N-ethyl adjacent to an activating group) is 1. The van der Waals surface area contributed by atoms with Gasteiger partial charge in [-0.05, 0) is 49.0 Å². The summed E-state index contributed by atoms with van der Waals surface area (Å²) in [7, 11) is 0. The minimum absolute atomic E-state index is 0.188. The van der Waals surface area contributed by atoms with Crippen LogP contribution in [0.15, 0.2) is 39.7 Å². The van der Waals surface area contributed by atoms with Crippen LogP contribution in [-0.2, 0) is 11.0 Å². The Morgan fingerprint density at radius 1 is 1.23 bits per heavy atom. The summed E-state index contributed by atoms with van der Waals surface area (Å²) in [5.41, 5.74) is -0.762. The first-order valence-corrected chi connectivity index (χ1v) is 8.62. The number of hydrogen-bond acceptors (Lipinski definition) is 4. The van der Waals surface area contributed by atoms with Gasteiger partial charge in [-0.25, -0.2) is 0 Å². The summed E-state index contributed by atoms with van der Waals surface area (Å²) in [5.74, 6) is 0.0181. The van der Waals surface area contributed by atoms with Crippen molar-refractivity contribution in [2.24, 2.45) is 0 Å². The molecule has 0 saturated carbocycles. The van der Waals surface area contributed by atoms with Crippen LogP contribution >= 0.6 is 23.4 Å². The Kier molecular flexibility index (Phi) is 4.90. The first-order valence-electron chi connectivity index (χ1n) is 7.43. The number of furan rings is 1. The molecule has 4 nitrogen and oxygen atoms in total. The maximum atomic E-state index is 13.0. The van der Waals surface area contributed by atoms with Gasteiger partial charge in [-0.1, -0.05) is 11.6 Å². The number of hydrogen-bond donors (Lipinski definition) is 0. The highest BCUT2D eigenvalue weighted by molar-refractivity contribution is 8.18. The molecule has 1 saturated heterocycles. The quantitative estimate of drug-likeness (QED) is 0.621. The van der Waals surface area contributed by atoms with Gasteiger partial charge in [-0.15, -0.1) is 0 Å². The molecule has 1 fully saturated rings. The number of halogens is 4. The van der Waals surface area contributed by atoms with Gasteiger partial charge in [0.15, 0.2) is 0 Å². The van der Waals surface area contributed by atoms with Crippen LogP contribution in [0, 0.1) is 0 Å². The lowest BCUT2D eigenvalue weighted by molar-refractivity contribution is -0.137. The number of amides is 2. The molecule has 0 aliphatic carbocycles. The molecule has 136 valence electrons. The van der Waals surface area contributed by atoms with Crippen molar-refractivity contribution in [2.45, 2.75) is 13.1 Å². The first-order chi connectivity index (χ1) is 12.2. The fourth-order valence-corrected chi connectivity index (χ4v) is 3.49. The maximum absolute atomic E-state index is 13.0. The Balaban J connectivity index is 1.91. The van der Waals surface area contributed by atoms with Gasteiger partial charge in [0.25, 0.3) is 11.1 Å². The van der Waals surface area contributed by atoms with E-state index < -0.39 is 22.7 Å². The maximum Gasteiger partial charge on any atom is 0.417 e. The Hall–Kier alpha value is -2.19. The van der Waals surface area contributed by atoms with Gasteiger partial charge < -0.3 is 4.42 Å². The molecule has 1 aliphatic heterocycles. The Morgan fingerprint density at radius 3 is 2.58 bits per heavy atom. The van der Waals surface area contributed by atoms with E-state index in [1.165, 1.54) is 24.3 Å². The highest BCUT2D eigenvalue weighted by atomic mass is 35.5. The SMILES string of the molecule is CCN1C(=O)S/C(=C\c2ccc(-c3ccc(Cl)c(C(F)(F)F)c3)o2)C1=O. The second-order valence-corrected chi connectivity index (χ2v) is 6.72. The van der Waals surface area contributed by atoms with Gasteiger partial charge in [0.1, 0.15) is 11.5 Å². The second-order valence-electron chi connectivity index (χ2n) is 5.32. The van der Waals surface area contributed by atoms with Crippen molar-refractivity contribution < 1.29 is 27.2 Å². The predicted molar refractivity (Wildman–Crippen MR) is 92.5 cm³/mol. The summed E-state index contributed by atoms with van der Waals surface area (Å²) in [4.78, 5) is 25.0. The molecule has 2 heterocycles. The zero-order valence-electron chi connectivity index (χ0n) is 13.3. The van der Waals surface area contributed by atoms with Crippen molar-refractivity contribution in [2.75, 3.05) is 6.54 Å². The van der Waals surface area contributed by atoms with Crippen molar-refractivity contribution in [1.29, 1.82) is 0 Å². The molecule has 3 rings (SSSR count). The topological polar surface area (TPSA) is 50.5 Å². The van der Waals surface area contributed by atoms with Gasteiger partial charge >= 0.3 is 6.18 Å². The number of thioether (sulfide) groups is 1. The van der Waals surface area contributed by atoms with Gasteiger partial charge in [0, 0.05) is 18.2 Å². The number of alkyl halides is 3. The Morgan fingerprint density at radius 2 is 1.96 bits per heavy atom. The molecular formula is C17H11ClF3NO3S. The fourth-order valence-electron chi connectivity index (χ4n) is 2.38. The van der Waals surface area contributed by atoms with E-state index in [-0.39, 0.29) is 33.8 Å². The molecular weight excluding hydrogens is 391 g/mol. The molecule has 1 aliphatic rings. The molecule has 1 aromatic heterocycles. The lowest BCUT2D eigenvalue weighted by Crippen LogP contribution is -2.27. The van der Waals surface area contributed by atoms with Crippen LogP contribution in [0.25, 0.3) is 17.4 Å². The Labute approximate surface area is 155 Å². The molecule has 0 unspecified atom stereocenters. The number of nitrogens with zero attached hydrogens (tertiary/aromatic N) is 1. The average molecular weight is 402 g/mol. The number of rotatable bonds is 3. The zero-order valence-corrected chi connectivity index (χ0v) is 14.8. The zero-order chi connectivity index (χ0) is 19.1. The van der Waals surface area contributed by atoms with Crippen LogP contribution in [0.2, 0.25) is 5.02 Å². The summed E-state index contributed by atoms with van der Waals surface area (Å²) < 4.78 is 44.4. The minimum Gasteiger partial charge on any atom is -0.457 e. The van der Waals surface area contributed by atoms with Gasteiger partial charge in [0.2, 0.25) is 0 Å². The first kappa shape index (κ1) is 18.6. The summed E-state index contributed by atoms with van der Waals surface area (Å²) in [6.07, 6.45) is -3.19. The largest absolute Gasteiger partial charge is 0.457 e. The van der Waals surface area contributed by atoms with Crippen molar-refractivity contribution in [1.82, 2.24) is 4.90 Å². The standard InChI is InChI=1S/C17H11ClF3NO3S/c1-2-22-15(23)14(26-16(22)24)8-10-4-6-13(25-10)9-3-5-12(18)11(7-9)17(19,20)21/h3-8H,2H2,1H3/b14-8-. The summed E-state index contributed by atoms with van der Waals surface area (Å²) in [5, 5.41) is -0.774. The van der Waals surface area contributed by atoms with Crippen LogP contribution in [0.1, 0.15) is 18.2 Å². The van der Waals surface area contributed by atoms with Crippen molar-refractivity contribution in [3.8, 4) is 11.3 Å². The highest BCUT2D eigenvalue weighted by Gasteiger charge is 2.35. The third kappa shape index (κ3) is 3.52. The predicted octanol–water partition coefficient (Wildman–Crippen LogP) is 5.68. The molecule has 0 spiro atoms. The summed E-state index contributed by atoms with van der Waals surface area (Å²) in [6, 6.07) is 6.45. The number of benzene rings is 1. The van der Waals surface area contributed by atoms with Crippen LogP contribution in [0.3, 0.4) is 0 Å². The van der Waals surface area contributed by atoms with Gasteiger partial charge in [-0.3, -0.25) is 14.5 Å². The molecule has 2 aromatic rings. The molecule has 26 heavy (non-hydrogen) atoms. The molecule has 0 bridgehead atoms. The molecule has 0 radical (unpaired) electrons. The second kappa shape index (κ2) is 6.85. The number of imide groups is 1. The van der Waals surface area contributed by atoms with Gasteiger partial charge in [0.05, 0.1) is 15.5 Å². The van der Waals surface area contributed by atoms with E-state index in [1.54, 1.807) is 6.92 Å². The third-order valence-corrected chi connectivity index (χ3v) is 4.88. The smallest absolute Gasteiger partial charge is 0.417 e. The van der Waals surface area contributed by atoms with Crippen LogP contribution in [0.4, 0.5) is 18.0 Å². The lowest BCUT2D eigenvalue weighted by Gasteiger charge is -2.09. The normalized spacial score (nSPS) is 16.8. The molecule has 0 atom stereocenters. The van der Waals surface area contributed by atoms with E-state index >= 15 is 0 Å². The lowest BCUT2D eigenvalue weighted by atomic mass is 10.1. The van der Waals surface area contributed by atoms with E-state index in [2.05, 4.69) is 0 Å². The van der Waals surface area contributed by atoms with Crippen LogP contribution in [0.5, 0.6) is 0 Å². The van der Waals surface area contributed by atoms with E-state index in [0.717, 1.165) is 28.8 Å². The molecule has 0 N–H and O–H groups in total. The van der Waals surface area contributed by atoms with Crippen molar-refractivity contribution in [3.63, 3.8) is 0 Å².